The summed E-state index contributed by atoms with van der Waals surface area (Å²) in [6, 6.07) is 3.44. The fourth-order valence-corrected chi connectivity index (χ4v) is 6.75. The number of likely N-dealkylation sites (N-methyl/N-ethyl adjacent to an activating group) is 2. The van der Waals surface area contributed by atoms with Crippen LogP contribution >= 0.6 is 0 Å². The number of aryl methyl sites for hydroxylation is 1. The molecule has 0 unspecified atom stereocenters. The van der Waals surface area contributed by atoms with E-state index in [1.54, 1.807) is 54.7 Å². The van der Waals surface area contributed by atoms with Gasteiger partial charge in [0.15, 0.2) is 0 Å². The number of ether oxygens (including phenoxy) is 2. The topological polar surface area (TPSA) is 177 Å². The van der Waals surface area contributed by atoms with Gasteiger partial charge < -0.3 is 34.7 Å². The van der Waals surface area contributed by atoms with E-state index in [0.29, 0.717) is 0 Å². The lowest BCUT2D eigenvalue weighted by Crippen LogP contribution is -2.63. The molecule has 0 bridgehead atoms. The second kappa shape index (κ2) is 18.1. The van der Waals surface area contributed by atoms with Crippen LogP contribution in [0.15, 0.2) is 42.1 Å². The standard InChI is InChI=1S/C43H67N5O9/c1-25(2)31(22-26(3)35(51)44-29(23-32(49)50)38(54)56-41(7,8)9)47(16)37(53)33(40(4,5)6)45-36(52)34(48(17)39(55)57-42(10,11)12)43(13,14)28-24-46(15)30-21-19-18-20-27(28)30/h18-22,24-25,29,31,33-34H,23H2,1-17H3,(H,44,51)(H,45,52)(H,49,50)/b26-22+/t29-,31-,33-,34-/m1/s1. The number of fused-ring (bicyclic) bond motifs is 1. The number of carboxylic acids is 1. The minimum absolute atomic E-state index is 0.138. The molecule has 318 valence electrons. The first-order chi connectivity index (χ1) is 25.8. The number of amides is 4. The Morgan fingerprint density at radius 2 is 1.39 bits per heavy atom. The zero-order valence-electron chi connectivity index (χ0n) is 37.1. The highest BCUT2D eigenvalue weighted by Crippen LogP contribution is 2.37. The molecule has 1 aromatic carbocycles. The van der Waals surface area contributed by atoms with Crippen molar-refractivity contribution in [1.82, 2.24) is 25.0 Å². The van der Waals surface area contributed by atoms with Crippen molar-refractivity contribution in [1.29, 1.82) is 0 Å². The van der Waals surface area contributed by atoms with Gasteiger partial charge in [-0.3, -0.25) is 24.1 Å². The number of nitrogens with zero attached hydrogens (tertiary/aromatic N) is 3. The molecule has 0 fully saturated rings. The highest BCUT2D eigenvalue weighted by molar-refractivity contribution is 5.97. The Labute approximate surface area is 338 Å². The third kappa shape index (κ3) is 12.8. The van der Waals surface area contributed by atoms with Gasteiger partial charge in [-0.1, -0.05) is 72.7 Å². The Kier molecular flexibility index (Phi) is 15.4. The van der Waals surface area contributed by atoms with Crippen molar-refractivity contribution in [3.63, 3.8) is 0 Å². The number of carbonyl (C=O) groups is 6. The zero-order chi connectivity index (χ0) is 44.2. The predicted molar refractivity (Wildman–Crippen MR) is 220 cm³/mol. The second-order valence-corrected chi connectivity index (χ2v) is 18.9. The molecule has 0 aliphatic carbocycles. The van der Waals surface area contributed by atoms with Crippen LogP contribution in [0.1, 0.15) is 109 Å². The number of hydrogen-bond acceptors (Lipinski definition) is 8. The van der Waals surface area contributed by atoms with Gasteiger partial charge >= 0.3 is 18.0 Å². The molecular formula is C43H67N5O9. The number of esters is 1. The maximum absolute atomic E-state index is 14.8. The molecule has 0 radical (unpaired) electrons. The van der Waals surface area contributed by atoms with E-state index in [4.69, 9.17) is 9.47 Å². The third-order valence-corrected chi connectivity index (χ3v) is 9.62. The quantitative estimate of drug-likeness (QED) is 0.154. The smallest absolute Gasteiger partial charge is 0.410 e. The van der Waals surface area contributed by atoms with Crippen molar-refractivity contribution >= 4 is 46.7 Å². The van der Waals surface area contributed by atoms with Crippen molar-refractivity contribution in [2.75, 3.05) is 14.1 Å². The van der Waals surface area contributed by atoms with Gasteiger partial charge in [0.25, 0.3) is 0 Å². The molecule has 0 aliphatic heterocycles. The van der Waals surface area contributed by atoms with Crippen molar-refractivity contribution in [2.24, 2.45) is 18.4 Å². The molecule has 14 nitrogen and oxygen atoms in total. The lowest BCUT2D eigenvalue weighted by Gasteiger charge is -2.42. The molecule has 0 aliphatic rings. The number of para-hydroxylation sites is 1. The summed E-state index contributed by atoms with van der Waals surface area (Å²) < 4.78 is 13.0. The van der Waals surface area contributed by atoms with E-state index in [2.05, 4.69) is 10.6 Å². The van der Waals surface area contributed by atoms with Crippen LogP contribution in [0, 0.1) is 11.3 Å². The minimum Gasteiger partial charge on any atom is -0.481 e. The molecule has 0 saturated carbocycles. The SMILES string of the molecule is C/C(=C\[C@H](C(C)C)N(C)C(=O)[C@@H](NC(=O)[C@@H](N(C)C(=O)OC(C)(C)C)C(C)(C)c1cn(C)c2ccccc12)C(C)(C)C)C(=O)N[C@H](CC(=O)O)C(=O)OC(C)(C)C. The lowest BCUT2D eigenvalue weighted by atomic mass is 9.76. The van der Waals surface area contributed by atoms with E-state index >= 15 is 0 Å². The maximum atomic E-state index is 14.8. The molecule has 1 aromatic heterocycles. The van der Waals surface area contributed by atoms with Crippen LogP contribution in [0.2, 0.25) is 0 Å². The molecule has 0 spiro atoms. The molecule has 14 heteroatoms. The number of rotatable bonds is 14. The predicted octanol–water partition coefficient (Wildman–Crippen LogP) is 5.95. The summed E-state index contributed by atoms with van der Waals surface area (Å²) in [5.74, 6) is -4.13. The average Bonchev–Trinajstić information content (AvgIpc) is 3.39. The fourth-order valence-electron chi connectivity index (χ4n) is 6.75. The Morgan fingerprint density at radius 3 is 1.88 bits per heavy atom. The molecule has 4 atom stereocenters. The van der Waals surface area contributed by atoms with Crippen molar-refractivity contribution in [2.45, 2.75) is 144 Å². The normalized spacial score (nSPS) is 14.9. The van der Waals surface area contributed by atoms with Crippen molar-refractivity contribution < 1.29 is 43.3 Å². The molecular weight excluding hydrogens is 730 g/mol. The first-order valence-electron chi connectivity index (χ1n) is 19.3. The van der Waals surface area contributed by atoms with E-state index < -0.39 is 88.4 Å². The third-order valence-electron chi connectivity index (χ3n) is 9.62. The van der Waals surface area contributed by atoms with Gasteiger partial charge in [-0.15, -0.1) is 0 Å². The summed E-state index contributed by atoms with van der Waals surface area (Å²) in [5.41, 5.74) is -1.67. The van der Waals surface area contributed by atoms with Crippen LogP contribution in [0.25, 0.3) is 10.9 Å². The van der Waals surface area contributed by atoms with Gasteiger partial charge in [-0.2, -0.15) is 0 Å². The molecule has 4 amide bonds. The van der Waals surface area contributed by atoms with Crippen LogP contribution < -0.4 is 10.6 Å². The monoisotopic (exact) mass is 797 g/mol. The molecule has 57 heavy (non-hydrogen) atoms. The van der Waals surface area contributed by atoms with Crippen LogP contribution in [-0.4, -0.2) is 105 Å². The summed E-state index contributed by atoms with van der Waals surface area (Å²) in [5, 5.41) is 15.8. The Bertz CT molecular complexity index is 1840. The van der Waals surface area contributed by atoms with Gasteiger partial charge in [0.2, 0.25) is 17.7 Å². The van der Waals surface area contributed by atoms with E-state index in [1.807, 2.05) is 90.5 Å². The van der Waals surface area contributed by atoms with Crippen LogP contribution in [0.4, 0.5) is 4.79 Å². The fraction of sp³-hybridized carbons (Fsp3) is 0.628. The number of benzene rings is 1. The molecule has 2 aromatic rings. The summed E-state index contributed by atoms with van der Waals surface area (Å²) in [6.07, 6.45) is 2.13. The zero-order valence-corrected chi connectivity index (χ0v) is 37.1. The summed E-state index contributed by atoms with van der Waals surface area (Å²) in [6.45, 7) is 24.6. The highest BCUT2D eigenvalue weighted by Gasteiger charge is 2.47. The molecule has 1 heterocycles. The van der Waals surface area contributed by atoms with E-state index in [9.17, 15) is 33.9 Å². The highest BCUT2D eigenvalue weighted by atomic mass is 16.6. The van der Waals surface area contributed by atoms with E-state index in [0.717, 1.165) is 16.5 Å². The van der Waals surface area contributed by atoms with E-state index in [1.165, 1.54) is 23.8 Å². The maximum Gasteiger partial charge on any atom is 0.410 e. The molecule has 2 rings (SSSR count). The van der Waals surface area contributed by atoms with Crippen molar-refractivity contribution in [3.05, 3.63) is 47.7 Å². The number of aliphatic carboxylic acids is 1. The lowest BCUT2D eigenvalue weighted by molar-refractivity contribution is -0.160. The van der Waals surface area contributed by atoms with Crippen LogP contribution in [-0.2, 0) is 45.9 Å². The number of carbonyl (C=O) groups excluding carboxylic acids is 5. The summed E-state index contributed by atoms with van der Waals surface area (Å²) in [7, 11) is 5.01. The number of nitrogens with one attached hydrogen (secondary N) is 2. The van der Waals surface area contributed by atoms with Gasteiger partial charge in [-0.25, -0.2) is 9.59 Å². The van der Waals surface area contributed by atoms with Gasteiger partial charge in [0, 0.05) is 49.2 Å². The summed E-state index contributed by atoms with van der Waals surface area (Å²) >= 11 is 0. The van der Waals surface area contributed by atoms with Gasteiger partial charge in [0.1, 0.15) is 29.3 Å². The first-order valence-corrected chi connectivity index (χ1v) is 19.3. The largest absolute Gasteiger partial charge is 0.481 e. The van der Waals surface area contributed by atoms with E-state index in [-0.39, 0.29) is 11.5 Å². The average molecular weight is 798 g/mol. The van der Waals surface area contributed by atoms with Crippen molar-refractivity contribution in [3.8, 4) is 0 Å². The van der Waals surface area contributed by atoms with Crippen LogP contribution in [0.5, 0.6) is 0 Å². The number of hydrogen-bond donors (Lipinski definition) is 3. The number of carboxylic acid groups (broad SMARTS) is 1. The second-order valence-electron chi connectivity index (χ2n) is 18.9. The Morgan fingerprint density at radius 1 is 0.842 bits per heavy atom. The minimum atomic E-state index is -1.44. The first kappa shape index (κ1) is 48.3. The summed E-state index contributed by atoms with van der Waals surface area (Å²) in [4.78, 5) is 83.6. The molecule has 3 N–H and O–H groups in total. The molecule has 0 saturated heterocycles. The Balaban J connectivity index is 2.58. The van der Waals surface area contributed by atoms with Crippen LogP contribution in [0.3, 0.4) is 0 Å². The van der Waals surface area contributed by atoms with Gasteiger partial charge in [0.05, 0.1) is 12.5 Å². The number of aromatic nitrogens is 1. The Hall–Kier alpha value is -4.88. The van der Waals surface area contributed by atoms with Gasteiger partial charge in [-0.05, 0) is 71.4 Å².